The standard InChI is InChI=1S/C28H39N3O5S/c1-5-26(28(33)29-23-11-7-6-8-12-23)30(19-22-14-16-25(36-3)17-15-22)27(32)20-31(37(4,34)35)24-13-9-10-21(2)18-24/h9-10,13-18,23,26H,5-8,11-12,19-20H2,1-4H3,(H,29,33)/t26-/m1/s1. The second kappa shape index (κ2) is 12.9. The van der Waals surface area contributed by atoms with Crippen molar-refractivity contribution in [3.8, 4) is 5.75 Å². The van der Waals surface area contributed by atoms with E-state index in [1.807, 2.05) is 32.0 Å². The smallest absolute Gasteiger partial charge is 0.244 e. The minimum Gasteiger partial charge on any atom is -0.497 e. The number of hydrogen-bond acceptors (Lipinski definition) is 5. The first-order chi connectivity index (χ1) is 17.6. The van der Waals surface area contributed by atoms with E-state index in [0.29, 0.717) is 17.9 Å². The molecule has 0 aromatic heterocycles. The maximum absolute atomic E-state index is 13.8. The number of carbonyl (C=O) groups is 2. The van der Waals surface area contributed by atoms with E-state index in [2.05, 4.69) is 5.32 Å². The van der Waals surface area contributed by atoms with Crippen molar-refractivity contribution in [3.63, 3.8) is 0 Å². The van der Waals surface area contributed by atoms with Crippen LogP contribution in [0.15, 0.2) is 48.5 Å². The molecule has 202 valence electrons. The topological polar surface area (TPSA) is 96.0 Å². The highest BCUT2D eigenvalue weighted by Gasteiger charge is 2.32. The molecule has 0 heterocycles. The van der Waals surface area contributed by atoms with E-state index in [1.165, 1.54) is 11.3 Å². The Hall–Kier alpha value is -3.07. The molecule has 0 unspecified atom stereocenters. The summed E-state index contributed by atoms with van der Waals surface area (Å²) in [6.07, 6.45) is 6.69. The van der Waals surface area contributed by atoms with Crippen LogP contribution in [-0.2, 0) is 26.2 Å². The fraction of sp³-hybridized carbons (Fsp3) is 0.500. The average molecular weight is 530 g/mol. The highest BCUT2D eigenvalue weighted by molar-refractivity contribution is 7.92. The minimum absolute atomic E-state index is 0.105. The van der Waals surface area contributed by atoms with Crippen molar-refractivity contribution < 1.29 is 22.7 Å². The van der Waals surface area contributed by atoms with Gasteiger partial charge in [-0.05, 0) is 61.6 Å². The van der Waals surface area contributed by atoms with Crippen molar-refractivity contribution in [1.82, 2.24) is 10.2 Å². The van der Waals surface area contributed by atoms with E-state index in [4.69, 9.17) is 4.74 Å². The van der Waals surface area contributed by atoms with Crippen LogP contribution in [0.25, 0.3) is 0 Å². The van der Waals surface area contributed by atoms with Gasteiger partial charge >= 0.3 is 0 Å². The quantitative estimate of drug-likeness (QED) is 0.474. The van der Waals surface area contributed by atoms with Gasteiger partial charge in [0.25, 0.3) is 0 Å². The summed E-state index contributed by atoms with van der Waals surface area (Å²) in [6, 6.07) is 13.7. The number of hydrogen-bond donors (Lipinski definition) is 1. The van der Waals surface area contributed by atoms with Crippen molar-refractivity contribution in [3.05, 3.63) is 59.7 Å². The van der Waals surface area contributed by atoms with Crippen LogP contribution in [0.3, 0.4) is 0 Å². The maximum atomic E-state index is 13.8. The molecule has 1 saturated carbocycles. The number of sulfonamides is 1. The van der Waals surface area contributed by atoms with Crippen molar-refractivity contribution in [1.29, 1.82) is 0 Å². The summed E-state index contributed by atoms with van der Waals surface area (Å²) >= 11 is 0. The number of aryl methyl sites for hydroxylation is 1. The second-order valence-electron chi connectivity index (χ2n) is 9.75. The molecule has 8 nitrogen and oxygen atoms in total. The molecule has 0 saturated heterocycles. The monoisotopic (exact) mass is 529 g/mol. The lowest BCUT2D eigenvalue weighted by Crippen LogP contribution is -2.53. The Kier molecular flexibility index (Phi) is 9.97. The molecular weight excluding hydrogens is 490 g/mol. The predicted octanol–water partition coefficient (Wildman–Crippen LogP) is 4.03. The van der Waals surface area contributed by atoms with Crippen molar-refractivity contribution in [2.24, 2.45) is 0 Å². The van der Waals surface area contributed by atoms with Crippen LogP contribution in [0.5, 0.6) is 5.75 Å². The summed E-state index contributed by atoms with van der Waals surface area (Å²) in [6.45, 7) is 3.51. The Morgan fingerprint density at radius 2 is 1.76 bits per heavy atom. The third-order valence-corrected chi connectivity index (χ3v) is 7.96. The summed E-state index contributed by atoms with van der Waals surface area (Å²) in [5.74, 6) is 0.0533. The summed E-state index contributed by atoms with van der Waals surface area (Å²) in [5.41, 5.74) is 2.12. The fourth-order valence-corrected chi connectivity index (χ4v) is 5.63. The van der Waals surface area contributed by atoms with Crippen LogP contribution in [0, 0.1) is 6.92 Å². The first-order valence-electron chi connectivity index (χ1n) is 12.9. The van der Waals surface area contributed by atoms with Crippen LogP contribution in [0.4, 0.5) is 5.69 Å². The molecule has 0 spiro atoms. The van der Waals surface area contributed by atoms with Crippen LogP contribution < -0.4 is 14.4 Å². The first kappa shape index (κ1) is 28.5. The van der Waals surface area contributed by atoms with Crippen LogP contribution in [-0.4, -0.2) is 57.1 Å². The van der Waals surface area contributed by atoms with Crippen molar-refractivity contribution in [2.75, 3.05) is 24.2 Å². The second-order valence-corrected chi connectivity index (χ2v) is 11.7. The van der Waals surface area contributed by atoms with E-state index in [9.17, 15) is 18.0 Å². The third kappa shape index (κ3) is 7.95. The molecule has 37 heavy (non-hydrogen) atoms. The van der Waals surface area contributed by atoms with Crippen LogP contribution in [0.1, 0.15) is 56.6 Å². The van der Waals surface area contributed by atoms with Gasteiger partial charge in [-0.25, -0.2) is 8.42 Å². The first-order valence-corrected chi connectivity index (χ1v) is 14.7. The Morgan fingerprint density at radius 1 is 1.08 bits per heavy atom. The number of amides is 2. The number of methoxy groups -OCH3 is 1. The average Bonchev–Trinajstić information content (AvgIpc) is 2.87. The maximum Gasteiger partial charge on any atom is 0.244 e. The molecule has 0 radical (unpaired) electrons. The Morgan fingerprint density at radius 3 is 2.32 bits per heavy atom. The lowest BCUT2D eigenvalue weighted by atomic mass is 9.95. The van der Waals surface area contributed by atoms with Gasteiger partial charge in [-0.15, -0.1) is 0 Å². The predicted molar refractivity (Wildman–Crippen MR) is 146 cm³/mol. The highest BCUT2D eigenvalue weighted by atomic mass is 32.2. The van der Waals surface area contributed by atoms with Gasteiger partial charge in [0.1, 0.15) is 18.3 Å². The number of nitrogens with zero attached hydrogens (tertiary/aromatic N) is 2. The number of nitrogens with one attached hydrogen (secondary N) is 1. The van der Waals surface area contributed by atoms with Crippen LogP contribution in [0.2, 0.25) is 0 Å². The zero-order valence-corrected chi connectivity index (χ0v) is 23.1. The van der Waals surface area contributed by atoms with Gasteiger partial charge in [-0.2, -0.15) is 0 Å². The summed E-state index contributed by atoms with van der Waals surface area (Å²) in [5, 5.41) is 3.15. The molecule has 2 amide bonds. The molecule has 0 bridgehead atoms. The molecule has 1 aliphatic carbocycles. The molecule has 1 fully saturated rings. The normalized spacial score (nSPS) is 15.0. The number of anilines is 1. The summed E-state index contributed by atoms with van der Waals surface area (Å²) in [4.78, 5) is 28.7. The fourth-order valence-electron chi connectivity index (χ4n) is 4.79. The third-order valence-electron chi connectivity index (χ3n) is 6.82. The molecule has 0 aliphatic heterocycles. The van der Waals surface area contributed by atoms with Gasteiger partial charge in [0.2, 0.25) is 21.8 Å². The van der Waals surface area contributed by atoms with Gasteiger partial charge < -0.3 is 15.0 Å². The highest BCUT2D eigenvalue weighted by Crippen LogP contribution is 2.22. The van der Waals surface area contributed by atoms with Crippen LogP contribution >= 0.6 is 0 Å². The van der Waals surface area contributed by atoms with Crippen molar-refractivity contribution in [2.45, 2.75) is 71.0 Å². The van der Waals surface area contributed by atoms with Crippen molar-refractivity contribution >= 4 is 27.5 Å². The molecule has 1 aliphatic rings. The van der Waals surface area contributed by atoms with E-state index in [1.54, 1.807) is 37.4 Å². The Bertz CT molecular complexity index is 1160. The zero-order chi connectivity index (χ0) is 27.0. The largest absolute Gasteiger partial charge is 0.497 e. The van der Waals surface area contributed by atoms with Gasteiger partial charge in [0.05, 0.1) is 19.1 Å². The SMILES string of the molecule is CC[C@H](C(=O)NC1CCCCC1)N(Cc1ccc(OC)cc1)C(=O)CN(c1cccc(C)c1)S(C)(=O)=O. The molecular formula is C28H39N3O5S. The zero-order valence-electron chi connectivity index (χ0n) is 22.3. The molecule has 2 aromatic rings. The van der Waals surface area contributed by atoms with Gasteiger partial charge in [0.15, 0.2) is 0 Å². The molecule has 3 rings (SSSR count). The van der Waals surface area contributed by atoms with E-state index < -0.39 is 28.5 Å². The Labute approximate surface area is 221 Å². The lowest BCUT2D eigenvalue weighted by molar-refractivity contribution is -0.140. The Balaban J connectivity index is 1.91. The lowest BCUT2D eigenvalue weighted by Gasteiger charge is -2.34. The van der Waals surface area contributed by atoms with E-state index in [-0.39, 0.29) is 18.5 Å². The summed E-state index contributed by atoms with van der Waals surface area (Å²) < 4.78 is 31.8. The van der Waals surface area contributed by atoms with E-state index >= 15 is 0 Å². The van der Waals surface area contributed by atoms with Gasteiger partial charge in [-0.1, -0.05) is 50.5 Å². The number of carbonyl (C=O) groups excluding carboxylic acids is 2. The minimum atomic E-state index is -3.75. The van der Waals surface area contributed by atoms with Gasteiger partial charge in [0, 0.05) is 12.6 Å². The molecule has 9 heteroatoms. The number of ether oxygens (including phenoxy) is 1. The molecule has 1 atom stereocenters. The molecule has 1 N–H and O–H groups in total. The number of benzene rings is 2. The summed E-state index contributed by atoms with van der Waals surface area (Å²) in [7, 11) is -2.17. The van der Waals surface area contributed by atoms with Gasteiger partial charge in [-0.3, -0.25) is 13.9 Å². The van der Waals surface area contributed by atoms with E-state index in [0.717, 1.165) is 47.4 Å². The molecule has 2 aromatic carbocycles. The number of rotatable bonds is 11.